The molecule has 3 aliphatic rings. The number of nitrogens with zero attached hydrogens (tertiary/aromatic N) is 3. The standard InChI is InChI=1S/C18H26N4O3/c1-17(12-25-18-4-2-14(6-18)3-5-18)10-21(11-17)16(24)9-22-8-15(7-20-22)19-13-23/h7-8,13-14H,2-6,9-12H2,1H3,(H,19,23). The van der Waals surface area contributed by atoms with Crippen LogP contribution in [0.3, 0.4) is 0 Å². The third-order valence-corrected chi connectivity index (χ3v) is 6.06. The lowest BCUT2D eigenvalue weighted by molar-refractivity contribution is -0.154. The Balaban J connectivity index is 1.24. The van der Waals surface area contributed by atoms with Gasteiger partial charge >= 0.3 is 0 Å². The van der Waals surface area contributed by atoms with Gasteiger partial charge in [0.05, 0.1) is 24.1 Å². The molecule has 0 spiro atoms. The third-order valence-electron chi connectivity index (χ3n) is 6.06. The fraction of sp³-hybridized carbons (Fsp3) is 0.722. The molecular weight excluding hydrogens is 320 g/mol. The van der Waals surface area contributed by atoms with Crippen molar-refractivity contribution < 1.29 is 14.3 Å². The molecule has 2 saturated carbocycles. The Morgan fingerprint density at radius 2 is 2.20 bits per heavy atom. The average molecular weight is 346 g/mol. The number of carbonyl (C=O) groups excluding carboxylic acids is 2. The summed E-state index contributed by atoms with van der Waals surface area (Å²) in [5.41, 5.74) is 0.810. The first-order valence-electron chi connectivity index (χ1n) is 9.14. The fourth-order valence-corrected chi connectivity index (χ4v) is 4.64. The lowest BCUT2D eigenvalue weighted by Gasteiger charge is -2.49. The molecule has 2 heterocycles. The van der Waals surface area contributed by atoms with Gasteiger partial charge in [0.15, 0.2) is 0 Å². The molecule has 1 aromatic heterocycles. The summed E-state index contributed by atoms with van der Waals surface area (Å²) in [6.45, 7) is 4.63. The number of aromatic nitrogens is 2. The molecule has 1 saturated heterocycles. The van der Waals surface area contributed by atoms with Gasteiger partial charge in [-0.15, -0.1) is 0 Å². The minimum atomic E-state index is 0.0539. The molecule has 136 valence electrons. The van der Waals surface area contributed by atoms with Crippen LogP contribution in [-0.2, 0) is 20.9 Å². The zero-order chi connectivity index (χ0) is 17.5. The maximum absolute atomic E-state index is 12.4. The zero-order valence-corrected chi connectivity index (χ0v) is 14.7. The van der Waals surface area contributed by atoms with Crippen molar-refractivity contribution in [3.63, 3.8) is 0 Å². The number of hydrogen-bond donors (Lipinski definition) is 1. The second-order valence-corrected chi connectivity index (χ2v) is 8.37. The van der Waals surface area contributed by atoms with E-state index in [4.69, 9.17) is 4.74 Å². The van der Waals surface area contributed by atoms with Crippen molar-refractivity contribution in [1.29, 1.82) is 0 Å². The Morgan fingerprint density at radius 1 is 1.44 bits per heavy atom. The second-order valence-electron chi connectivity index (χ2n) is 8.37. The molecule has 2 bridgehead atoms. The Morgan fingerprint density at radius 3 is 2.84 bits per heavy atom. The smallest absolute Gasteiger partial charge is 0.244 e. The number of carbonyl (C=O) groups is 2. The molecule has 1 aromatic rings. The molecule has 3 fully saturated rings. The van der Waals surface area contributed by atoms with E-state index in [1.807, 2.05) is 4.90 Å². The number of nitrogens with one attached hydrogen (secondary N) is 1. The molecule has 0 unspecified atom stereocenters. The van der Waals surface area contributed by atoms with E-state index in [1.54, 1.807) is 10.9 Å². The molecule has 4 rings (SSSR count). The van der Waals surface area contributed by atoms with Crippen LogP contribution in [0.4, 0.5) is 5.69 Å². The van der Waals surface area contributed by atoms with Crippen LogP contribution in [0.25, 0.3) is 0 Å². The van der Waals surface area contributed by atoms with Crippen LogP contribution in [-0.4, -0.2) is 52.3 Å². The monoisotopic (exact) mass is 346 g/mol. The van der Waals surface area contributed by atoms with E-state index < -0.39 is 0 Å². The van der Waals surface area contributed by atoms with Gasteiger partial charge < -0.3 is 15.0 Å². The molecule has 25 heavy (non-hydrogen) atoms. The van der Waals surface area contributed by atoms with Gasteiger partial charge in [0.1, 0.15) is 6.54 Å². The maximum atomic E-state index is 12.4. The molecule has 0 aromatic carbocycles. The Kier molecular flexibility index (Phi) is 4.06. The lowest BCUT2D eigenvalue weighted by atomic mass is 9.82. The van der Waals surface area contributed by atoms with Crippen LogP contribution in [0.2, 0.25) is 0 Å². The van der Waals surface area contributed by atoms with Gasteiger partial charge in [-0.05, 0) is 38.0 Å². The predicted octanol–water partition coefficient (Wildman–Crippen LogP) is 1.65. The van der Waals surface area contributed by atoms with E-state index in [0.29, 0.717) is 12.1 Å². The topological polar surface area (TPSA) is 76.5 Å². The van der Waals surface area contributed by atoms with Gasteiger partial charge in [-0.3, -0.25) is 14.3 Å². The molecule has 0 atom stereocenters. The summed E-state index contributed by atoms with van der Waals surface area (Å²) in [5, 5.41) is 6.61. The van der Waals surface area contributed by atoms with Crippen LogP contribution >= 0.6 is 0 Å². The van der Waals surface area contributed by atoms with E-state index in [2.05, 4.69) is 17.3 Å². The summed E-state index contributed by atoms with van der Waals surface area (Å²) >= 11 is 0. The summed E-state index contributed by atoms with van der Waals surface area (Å²) < 4.78 is 7.92. The summed E-state index contributed by atoms with van der Waals surface area (Å²) in [6.07, 6.45) is 10.1. The molecule has 2 aliphatic carbocycles. The zero-order valence-electron chi connectivity index (χ0n) is 14.7. The number of rotatable bonds is 7. The predicted molar refractivity (Wildman–Crippen MR) is 91.9 cm³/mol. The number of anilines is 1. The highest BCUT2D eigenvalue weighted by Gasteiger charge is 2.48. The number of ether oxygens (including phenoxy) is 1. The largest absolute Gasteiger partial charge is 0.374 e. The first kappa shape index (κ1) is 16.6. The first-order valence-corrected chi connectivity index (χ1v) is 9.14. The van der Waals surface area contributed by atoms with E-state index in [-0.39, 0.29) is 23.5 Å². The molecule has 1 aliphatic heterocycles. The summed E-state index contributed by atoms with van der Waals surface area (Å²) in [5.74, 6) is 0.943. The van der Waals surface area contributed by atoms with Gasteiger partial charge in [-0.25, -0.2) is 0 Å². The number of likely N-dealkylation sites (tertiary alicyclic amines) is 1. The Hall–Kier alpha value is -1.89. The molecule has 2 amide bonds. The van der Waals surface area contributed by atoms with Crippen molar-refractivity contribution in [2.24, 2.45) is 11.3 Å². The van der Waals surface area contributed by atoms with Gasteiger partial charge in [0.25, 0.3) is 0 Å². The second kappa shape index (κ2) is 6.12. The Labute approximate surface area is 147 Å². The van der Waals surface area contributed by atoms with Crippen molar-refractivity contribution in [3.8, 4) is 0 Å². The summed E-state index contributed by atoms with van der Waals surface area (Å²) in [7, 11) is 0. The van der Waals surface area contributed by atoms with Crippen molar-refractivity contribution in [1.82, 2.24) is 14.7 Å². The van der Waals surface area contributed by atoms with Crippen molar-refractivity contribution in [3.05, 3.63) is 12.4 Å². The average Bonchev–Trinajstić information content (AvgIpc) is 3.27. The first-order chi connectivity index (χ1) is 12.0. The van der Waals surface area contributed by atoms with Gasteiger partial charge in [0.2, 0.25) is 12.3 Å². The number of amides is 2. The van der Waals surface area contributed by atoms with E-state index >= 15 is 0 Å². The maximum Gasteiger partial charge on any atom is 0.244 e. The van der Waals surface area contributed by atoms with Crippen LogP contribution in [0.5, 0.6) is 0 Å². The van der Waals surface area contributed by atoms with Gasteiger partial charge in [0, 0.05) is 24.7 Å². The van der Waals surface area contributed by atoms with Crippen LogP contribution in [0.15, 0.2) is 12.4 Å². The fourth-order valence-electron chi connectivity index (χ4n) is 4.64. The van der Waals surface area contributed by atoms with E-state index in [0.717, 1.165) is 25.6 Å². The van der Waals surface area contributed by atoms with E-state index in [9.17, 15) is 9.59 Å². The Bertz CT molecular complexity index is 657. The quantitative estimate of drug-likeness (QED) is 0.762. The molecule has 7 heteroatoms. The lowest BCUT2D eigenvalue weighted by Crippen LogP contribution is -2.60. The number of hydrogen-bond acceptors (Lipinski definition) is 4. The van der Waals surface area contributed by atoms with Crippen molar-refractivity contribution in [2.75, 3.05) is 25.0 Å². The summed E-state index contributed by atoms with van der Waals surface area (Å²) in [4.78, 5) is 24.6. The highest BCUT2D eigenvalue weighted by molar-refractivity contribution is 5.77. The van der Waals surface area contributed by atoms with E-state index in [1.165, 1.54) is 38.3 Å². The minimum absolute atomic E-state index is 0.0539. The highest BCUT2D eigenvalue weighted by atomic mass is 16.5. The van der Waals surface area contributed by atoms with Crippen molar-refractivity contribution >= 4 is 18.0 Å². The molecule has 1 N–H and O–H groups in total. The van der Waals surface area contributed by atoms with Gasteiger partial charge in [-0.1, -0.05) is 6.92 Å². The van der Waals surface area contributed by atoms with Gasteiger partial charge in [-0.2, -0.15) is 5.10 Å². The molecule has 7 nitrogen and oxygen atoms in total. The number of fused-ring (bicyclic) bond motifs is 2. The van der Waals surface area contributed by atoms with Crippen LogP contribution in [0, 0.1) is 11.3 Å². The highest BCUT2D eigenvalue weighted by Crippen LogP contribution is 2.50. The normalized spacial score (nSPS) is 29.5. The van der Waals surface area contributed by atoms with Crippen LogP contribution in [0.1, 0.15) is 39.0 Å². The third kappa shape index (κ3) is 3.29. The van der Waals surface area contributed by atoms with Crippen molar-refractivity contribution in [2.45, 2.75) is 51.2 Å². The SMILES string of the molecule is CC1(COC23CCC(CC2)C3)CN(C(=O)Cn2cc(NC=O)cn2)C1. The summed E-state index contributed by atoms with van der Waals surface area (Å²) in [6, 6.07) is 0. The molecule has 0 radical (unpaired) electrons. The van der Waals surface area contributed by atoms with Crippen LogP contribution < -0.4 is 5.32 Å². The molecular formula is C18H26N4O3. The minimum Gasteiger partial charge on any atom is -0.374 e.